The van der Waals surface area contributed by atoms with Gasteiger partial charge in [0.1, 0.15) is 0 Å². The Morgan fingerprint density at radius 2 is 1.76 bits per heavy atom. The standard InChI is InChI=1S/C19H20N4O2/c1-13-16-5-3-4-6-17(16)19(25)23(21-13)12-22(2)11-14-7-9-15(10-8-14)18(20)24/h3-10H,11-12H2,1-2H3,(H2,20,24). The summed E-state index contributed by atoms with van der Waals surface area (Å²) >= 11 is 0. The monoisotopic (exact) mass is 336 g/mol. The third-order valence-electron chi connectivity index (χ3n) is 4.12. The quantitative estimate of drug-likeness (QED) is 0.771. The fourth-order valence-electron chi connectivity index (χ4n) is 2.87. The van der Waals surface area contributed by atoms with Crippen molar-refractivity contribution in [1.29, 1.82) is 0 Å². The van der Waals surface area contributed by atoms with Gasteiger partial charge in [-0.05, 0) is 37.7 Å². The fraction of sp³-hybridized carbons (Fsp3) is 0.211. The van der Waals surface area contributed by atoms with Gasteiger partial charge in [-0.1, -0.05) is 30.3 Å². The van der Waals surface area contributed by atoms with E-state index in [9.17, 15) is 9.59 Å². The number of nitrogens with two attached hydrogens (primary N) is 1. The molecule has 1 amide bonds. The lowest BCUT2D eigenvalue weighted by molar-refractivity contribution is 0.100. The van der Waals surface area contributed by atoms with Crippen molar-refractivity contribution in [3.8, 4) is 0 Å². The van der Waals surface area contributed by atoms with Crippen LogP contribution in [0.3, 0.4) is 0 Å². The summed E-state index contributed by atoms with van der Waals surface area (Å²) in [4.78, 5) is 25.7. The Morgan fingerprint density at radius 1 is 1.12 bits per heavy atom. The van der Waals surface area contributed by atoms with Gasteiger partial charge in [0.05, 0.1) is 17.7 Å². The molecule has 25 heavy (non-hydrogen) atoms. The summed E-state index contributed by atoms with van der Waals surface area (Å²) in [5, 5.41) is 5.98. The summed E-state index contributed by atoms with van der Waals surface area (Å²) in [7, 11) is 1.92. The number of rotatable bonds is 5. The Hall–Kier alpha value is -2.99. The molecular formula is C19H20N4O2. The molecule has 3 aromatic rings. The average molecular weight is 336 g/mol. The van der Waals surface area contributed by atoms with E-state index in [1.54, 1.807) is 12.1 Å². The molecule has 2 aromatic carbocycles. The van der Waals surface area contributed by atoms with Crippen LogP contribution in [0.4, 0.5) is 0 Å². The number of nitrogens with zero attached hydrogens (tertiary/aromatic N) is 3. The zero-order valence-corrected chi connectivity index (χ0v) is 14.3. The highest BCUT2D eigenvalue weighted by atomic mass is 16.1. The van der Waals surface area contributed by atoms with Crippen molar-refractivity contribution in [3.05, 3.63) is 75.7 Å². The first-order valence-corrected chi connectivity index (χ1v) is 7.99. The lowest BCUT2D eigenvalue weighted by atomic mass is 10.1. The molecule has 0 atom stereocenters. The Balaban J connectivity index is 1.80. The second-order valence-electron chi connectivity index (χ2n) is 6.15. The largest absolute Gasteiger partial charge is 0.366 e. The first-order chi connectivity index (χ1) is 12.0. The van der Waals surface area contributed by atoms with Crippen molar-refractivity contribution in [2.45, 2.75) is 20.1 Å². The van der Waals surface area contributed by atoms with Gasteiger partial charge in [0.15, 0.2) is 0 Å². The van der Waals surface area contributed by atoms with Gasteiger partial charge in [0.2, 0.25) is 5.91 Å². The van der Waals surface area contributed by atoms with Crippen molar-refractivity contribution in [1.82, 2.24) is 14.7 Å². The molecule has 0 aliphatic rings. The maximum Gasteiger partial charge on any atom is 0.275 e. The van der Waals surface area contributed by atoms with Crippen LogP contribution in [0.25, 0.3) is 10.8 Å². The minimum Gasteiger partial charge on any atom is -0.366 e. The van der Waals surface area contributed by atoms with E-state index in [1.807, 2.05) is 55.3 Å². The van der Waals surface area contributed by atoms with Crippen LogP contribution in [0.1, 0.15) is 21.6 Å². The zero-order valence-electron chi connectivity index (χ0n) is 14.3. The number of aromatic nitrogens is 2. The molecule has 6 heteroatoms. The van der Waals surface area contributed by atoms with Gasteiger partial charge in [-0.3, -0.25) is 14.5 Å². The molecule has 0 saturated heterocycles. The third-order valence-corrected chi connectivity index (χ3v) is 4.12. The van der Waals surface area contributed by atoms with E-state index < -0.39 is 5.91 Å². The van der Waals surface area contributed by atoms with Crippen LogP contribution in [0.5, 0.6) is 0 Å². The van der Waals surface area contributed by atoms with Crippen LogP contribution in [0.2, 0.25) is 0 Å². The summed E-state index contributed by atoms with van der Waals surface area (Å²) in [6, 6.07) is 14.6. The smallest absolute Gasteiger partial charge is 0.275 e. The molecule has 0 radical (unpaired) electrons. The van der Waals surface area contributed by atoms with Crippen LogP contribution < -0.4 is 11.3 Å². The summed E-state index contributed by atoms with van der Waals surface area (Å²) < 4.78 is 1.48. The van der Waals surface area contributed by atoms with E-state index in [0.29, 0.717) is 24.2 Å². The maximum absolute atomic E-state index is 12.6. The molecule has 0 bridgehead atoms. The fourth-order valence-corrected chi connectivity index (χ4v) is 2.87. The first-order valence-electron chi connectivity index (χ1n) is 7.99. The van der Waals surface area contributed by atoms with E-state index in [1.165, 1.54) is 4.68 Å². The van der Waals surface area contributed by atoms with Gasteiger partial charge in [-0.2, -0.15) is 5.10 Å². The van der Waals surface area contributed by atoms with Crippen molar-refractivity contribution in [2.24, 2.45) is 5.73 Å². The molecule has 6 nitrogen and oxygen atoms in total. The van der Waals surface area contributed by atoms with Gasteiger partial charge in [0.25, 0.3) is 5.56 Å². The highest BCUT2D eigenvalue weighted by molar-refractivity contribution is 5.92. The molecule has 0 spiro atoms. The molecular weight excluding hydrogens is 316 g/mol. The van der Waals surface area contributed by atoms with Crippen molar-refractivity contribution < 1.29 is 4.79 Å². The number of fused-ring (bicyclic) bond motifs is 1. The number of primary amides is 1. The van der Waals surface area contributed by atoms with Crippen molar-refractivity contribution in [2.75, 3.05) is 7.05 Å². The van der Waals surface area contributed by atoms with Crippen LogP contribution in [-0.4, -0.2) is 27.6 Å². The normalized spacial score (nSPS) is 11.2. The van der Waals surface area contributed by atoms with Gasteiger partial charge >= 0.3 is 0 Å². The third kappa shape index (κ3) is 3.59. The second kappa shape index (κ2) is 6.86. The van der Waals surface area contributed by atoms with Gasteiger partial charge in [-0.25, -0.2) is 4.68 Å². The van der Waals surface area contributed by atoms with E-state index in [-0.39, 0.29) is 5.56 Å². The molecule has 0 unspecified atom stereocenters. The Kier molecular flexibility index (Phi) is 4.63. The average Bonchev–Trinajstić information content (AvgIpc) is 2.60. The molecule has 3 rings (SSSR count). The Labute approximate surface area is 145 Å². The number of carbonyl (C=O) groups is 1. The summed E-state index contributed by atoms with van der Waals surface area (Å²) in [6.45, 7) is 2.90. The SMILES string of the molecule is Cc1nn(CN(C)Cc2ccc(C(N)=O)cc2)c(=O)c2ccccc12. The lowest BCUT2D eigenvalue weighted by Crippen LogP contribution is -2.32. The number of hydrogen-bond acceptors (Lipinski definition) is 4. The molecule has 0 aliphatic heterocycles. The maximum atomic E-state index is 12.6. The predicted molar refractivity (Wildman–Crippen MR) is 97.2 cm³/mol. The number of carbonyl (C=O) groups excluding carboxylic acids is 1. The Bertz CT molecular complexity index is 977. The number of benzene rings is 2. The van der Waals surface area contributed by atoms with E-state index in [0.717, 1.165) is 16.6 Å². The molecule has 1 heterocycles. The summed E-state index contributed by atoms with van der Waals surface area (Å²) in [5.41, 5.74) is 7.48. The lowest BCUT2D eigenvalue weighted by Gasteiger charge is -2.18. The Morgan fingerprint density at radius 3 is 2.40 bits per heavy atom. The van der Waals surface area contributed by atoms with E-state index >= 15 is 0 Å². The number of amides is 1. The minimum atomic E-state index is -0.442. The summed E-state index contributed by atoms with van der Waals surface area (Å²) in [6.07, 6.45) is 0. The van der Waals surface area contributed by atoms with Crippen molar-refractivity contribution in [3.63, 3.8) is 0 Å². The molecule has 0 fully saturated rings. The van der Waals surface area contributed by atoms with Crippen LogP contribution in [-0.2, 0) is 13.2 Å². The van der Waals surface area contributed by atoms with E-state index in [4.69, 9.17) is 5.73 Å². The van der Waals surface area contributed by atoms with Gasteiger partial charge in [-0.15, -0.1) is 0 Å². The predicted octanol–water partition coefficient (Wildman–Crippen LogP) is 1.89. The van der Waals surface area contributed by atoms with E-state index in [2.05, 4.69) is 5.10 Å². The van der Waals surface area contributed by atoms with Gasteiger partial charge < -0.3 is 5.73 Å². The van der Waals surface area contributed by atoms with Crippen LogP contribution in [0.15, 0.2) is 53.3 Å². The minimum absolute atomic E-state index is 0.0999. The summed E-state index contributed by atoms with van der Waals surface area (Å²) in [5.74, 6) is -0.442. The zero-order chi connectivity index (χ0) is 18.0. The molecule has 2 N–H and O–H groups in total. The van der Waals surface area contributed by atoms with Crippen LogP contribution >= 0.6 is 0 Å². The number of hydrogen-bond donors (Lipinski definition) is 1. The van der Waals surface area contributed by atoms with Crippen LogP contribution in [0, 0.1) is 6.92 Å². The van der Waals surface area contributed by atoms with Crippen molar-refractivity contribution >= 4 is 16.7 Å². The van der Waals surface area contributed by atoms with Gasteiger partial charge in [0, 0.05) is 17.5 Å². The molecule has 0 aliphatic carbocycles. The highest BCUT2D eigenvalue weighted by Gasteiger charge is 2.10. The highest BCUT2D eigenvalue weighted by Crippen LogP contribution is 2.12. The first kappa shape index (κ1) is 16.9. The molecule has 1 aromatic heterocycles. The molecule has 0 saturated carbocycles. The topological polar surface area (TPSA) is 81.2 Å². The number of aryl methyl sites for hydroxylation is 1. The second-order valence-corrected chi connectivity index (χ2v) is 6.15. The molecule has 128 valence electrons.